The van der Waals surface area contributed by atoms with Crippen molar-refractivity contribution >= 4 is 0 Å². The summed E-state index contributed by atoms with van der Waals surface area (Å²) >= 11 is 0. The molecule has 1 heterocycles. The summed E-state index contributed by atoms with van der Waals surface area (Å²) < 4.78 is 0. The number of rotatable bonds is 2. The van der Waals surface area contributed by atoms with Gasteiger partial charge in [0.15, 0.2) is 0 Å². The van der Waals surface area contributed by atoms with E-state index in [9.17, 15) is 0 Å². The molecule has 2 atom stereocenters. The van der Waals surface area contributed by atoms with Crippen molar-refractivity contribution in [3.63, 3.8) is 0 Å². The van der Waals surface area contributed by atoms with Crippen LogP contribution in [0.3, 0.4) is 0 Å². The van der Waals surface area contributed by atoms with Crippen molar-refractivity contribution < 1.29 is 0 Å². The molecule has 1 N–H and O–H groups in total. The van der Waals surface area contributed by atoms with Gasteiger partial charge in [0.1, 0.15) is 0 Å². The highest BCUT2D eigenvalue weighted by molar-refractivity contribution is 4.87. The Kier molecular flexibility index (Phi) is 2.35. The Bertz CT molecular complexity index is 107. The molecular formula is C9H19N. The molecule has 60 valence electrons. The summed E-state index contributed by atoms with van der Waals surface area (Å²) in [4.78, 5) is 0. The van der Waals surface area contributed by atoms with E-state index in [1.807, 2.05) is 0 Å². The second kappa shape index (κ2) is 2.91. The third kappa shape index (κ3) is 1.72. The van der Waals surface area contributed by atoms with Crippen molar-refractivity contribution in [1.82, 2.24) is 5.32 Å². The Morgan fingerprint density at radius 1 is 1.60 bits per heavy atom. The quantitative estimate of drug-likeness (QED) is 0.621. The summed E-state index contributed by atoms with van der Waals surface area (Å²) in [6, 6.07) is 0.747. The molecule has 1 rings (SSSR count). The van der Waals surface area contributed by atoms with Crippen molar-refractivity contribution in [3.05, 3.63) is 0 Å². The van der Waals surface area contributed by atoms with Gasteiger partial charge in [-0.05, 0) is 25.2 Å². The standard InChI is InChI=1S/C9H19N/c1-4-5-9(3)6-8(2)10-7-9/h8,10H,4-7H2,1-3H3. The smallest absolute Gasteiger partial charge is 0.00446 e. The Morgan fingerprint density at radius 3 is 2.70 bits per heavy atom. The van der Waals surface area contributed by atoms with Gasteiger partial charge in [0, 0.05) is 12.6 Å². The van der Waals surface area contributed by atoms with E-state index < -0.39 is 0 Å². The van der Waals surface area contributed by atoms with Gasteiger partial charge < -0.3 is 5.32 Å². The first-order valence-electron chi connectivity index (χ1n) is 4.40. The molecule has 10 heavy (non-hydrogen) atoms. The second-order valence-electron chi connectivity index (χ2n) is 4.05. The Labute approximate surface area is 64.2 Å². The van der Waals surface area contributed by atoms with E-state index in [0.29, 0.717) is 5.41 Å². The normalized spacial score (nSPS) is 40.5. The van der Waals surface area contributed by atoms with Crippen LogP contribution in [-0.4, -0.2) is 12.6 Å². The molecule has 0 saturated carbocycles. The van der Waals surface area contributed by atoms with E-state index in [0.717, 1.165) is 6.04 Å². The summed E-state index contributed by atoms with van der Waals surface area (Å²) in [6.07, 6.45) is 4.07. The average Bonchev–Trinajstić information content (AvgIpc) is 2.12. The predicted octanol–water partition coefficient (Wildman–Crippen LogP) is 2.17. The van der Waals surface area contributed by atoms with E-state index in [4.69, 9.17) is 0 Å². The van der Waals surface area contributed by atoms with E-state index in [1.54, 1.807) is 0 Å². The van der Waals surface area contributed by atoms with Gasteiger partial charge in [-0.15, -0.1) is 0 Å². The molecule has 1 fully saturated rings. The first-order valence-corrected chi connectivity index (χ1v) is 4.40. The predicted molar refractivity (Wildman–Crippen MR) is 45.1 cm³/mol. The Hall–Kier alpha value is -0.0400. The molecule has 1 saturated heterocycles. The van der Waals surface area contributed by atoms with Crippen LogP contribution in [0.5, 0.6) is 0 Å². The van der Waals surface area contributed by atoms with E-state index in [-0.39, 0.29) is 0 Å². The van der Waals surface area contributed by atoms with Gasteiger partial charge in [0.2, 0.25) is 0 Å². The molecule has 0 bridgehead atoms. The van der Waals surface area contributed by atoms with Gasteiger partial charge in [-0.3, -0.25) is 0 Å². The van der Waals surface area contributed by atoms with E-state index in [2.05, 4.69) is 26.1 Å². The molecular weight excluding hydrogens is 122 g/mol. The maximum atomic E-state index is 3.49. The van der Waals surface area contributed by atoms with Crippen LogP contribution in [0, 0.1) is 5.41 Å². The Morgan fingerprint density at radius 2 is 2.30 bits per heavy atom. The summed E-state index contributed by atoms with van der Waals surface area (Å²) in [5.41, 5.74) is 0.605. The lowest BCUT2D eigenvalue weighted by atomic mass is 9.84. The molecule has 0 aromatic carbocycles. The van der Waals surface area contributed by atoms with Crippen LogP contribution in [0.2, 0.25) is 0 Å². The third-order valence-corrected chi connectivity index (χ3v) is 2.53. The zero-order valence-electron chi connectivity index (χ0n) is 7.41. The lowest BCUT2D eigenvalue weighted by molar-refractivity contribution is 0.325. The van der Waals surface area contributed by atoms with Crippen LogP contribution in [0.1, 0.15) is 40.0 Å². The molecule has 0 aromatic heterocycles. The first-order chi connectivity index (χ1) is 4.66. The fraction of sp³-hybridized carbons (Fsp3) is 1.00. The van der Waals surface area contributed by atoms with Gasteiger partial charge >= 0.3 is 0 Å². The molecule has 1 aliphatic rings. The molecule has 1 aliphatic heterocycles. The van der Waals surface area contributed by atoms with Crippen LogP contribution in [0.25, 0.3) is 0 Å². The topological polar surface area (TPSA) is 12.0 Å². The number of nitrogens with one attached hydrogen (secondary N) is 1. The molecule has 1 nitrogen and oxygen atoms in total. The van der Waals surface area contributed by atoms with Crippen LogP contribution in [-0.2, 0) is 0 Å². The van der Waals surface area contributed by atoms with Gasteiger partial charge in [-0.2, -0.15) is 0 Å². The fourth-order valence-corrected chi connectivity index (χ4v) is 2.10. The number of hydrogen-bond acceptors (Lipinski definition) is 1. The minimum absolute atomic E-state index is 0.605. The number of hydrogen-bond donors (Lipinski definition) is 1. The molecule has 0 radical (unpaired) electrons. The van der Waals surface area contributed by atoms with E-state index in [1.165, 1.54) is 25.8 Å². The highest BCUT2D eigenvalue weighted by Gasteiger charge is 2.31. The van der Waals surface area contributed by atoms with Crippen molar-refractivity contribution in [2.75, 3.05) is 6.54 Å². The summed E-state index contributed by atoms with van der Waals surface area (Å²) in [6.45, 7) is 8.17. The molecule has 1 heteroatoms. The van der Waals surface area contributed by atoms with Crippen LogP contribution >= 0.6 is 0 Å². The zero-order chi connectivity index (χ0) is 7.61. The van der Waals surface area contributed by atoms with Crippen LogP contribution < -0.4 is 5.32 Å². The monoisotopic (exact) mass is 141 g/mol. The Balaban J connectivity index is 2.38. The van der Waals surface area contributed by atoms with Gasteiger partial charge in [-0.1, -0.05) is 20.3 Å². The van der Waals surface area contributed by atoms with Crippen molar-refractivity contribution in [1.29, 1.82) is 0 Å². The van der Waals surface area contributed by atoms with Crippen LogP contribution in [0.15, 0.2) is 0 Å². The van der Waals surface area contributed by atoms with Crippen molar-refractivity contribution in [2.45, 2.75) is 46.1 Å². The lowest BCUT2D eigenvalue weighted by Crippen LogP contribution is -2.20. The SMILES string of the molecule is CCCC1(C)CNC(C)C1. The van der Waals surface area contributed by atoms with Crippen LogP contribution in [0.4, 0.5) is 0 Å². The highest BCUT2D eigenvalue weighted by atomic mass is 15.0. The average molecular weight is 141 g/mol. The van der Waals surface area contributed by atoms with E-state index >= 15 is 0 Å². The summed E-state index contributed by atoms with van der Waals surface area (Å²) in [5.74, 6) is 0. The zero-order valence-corrected chi connectivity index (χ0v) is 7.41. The first kappa shape index (κ1) is 8.06. The molecule has 0 aliphatic carbocycles. The largest absolute Gasteiger partial charge is 0.314 e. The highest BCUT2D eigenvalue weighted by Crippen LogP contribution is 2.32. The van der Waals surface area contributed by atoms with Gasteiger partial charge in [0.05, 0.1) is 0 Å². The molecule has 0 aromatic rings. The summed E-state index contributed by atoms with van der Waals surface area (Å²) in [7, 11) is 0. The maximum absolute atomic E-state index is 3.49. The van der Waals surface area contributed by atoms with Gasteiger partial charge in [0.25, 0.3) is 0 Å². The fourth-order valence-electron chi connectivity index (χ4n) is 2.10. The third-order valence-electron chi connectivity index (χ3n) is 2.53. The molecule has 0 spiro atoms. The molecule has 2 unspecified atom stereocenters. The maximum Gasteiger partial charge on any atom is 0.00446 e. The minimum atomic E-state index is 0.605. The molecule has 0 amide bonds. The lowest BCUT2D eigenvalue weighted by Gasteiger charge is -2.21. The van der Waals surface area contributed by atoms with Crippen molar-refractivity contribution in [2.24, 2.45) is 5.41 Å². The minimum Gasteiger partial charge on any atom is -0.314 e. The second-order valence-corrected chi connectivity index (χ2v) is 4.05. The van der Waals surface area contributed by atoms with Crippen molar-refractivity contribution in [3.8, 4) is 0 Å². The summed E-state index contributed by atoms with van der Waals surface area (Å²) in [5, 5.41) is 3.49. The van der Waals surface area contributed by atoms with Gasteiger partial charge in [-0.25, -0.2) is 0 Å².